The zero-order chi connectivity index (χ0) is 16.0. The van der Waals surface area contributed by atoms with Crippen LogP contribution in [0, 0.1) is 0 Å². The van der Waals surface area contributed by atoms with E-state index in [-0.39, 0.29) is 11.4 Å². The Morgan fingerprint density at radius 2 is 2.00 bits per heavy atom. The lowest BCUT2D eigenvalue weighted by Crippen LogP contribution is -2.39. The fourth-order valence-corrected chi connectivity index (χ4v) is 1.66. The highest BCUT2D eigenvalue weighted by atomic mass is 16.5. The van der Waals surface area contributed by atoms with Gasteiger partial charge >= 0.3 is 5.97 Å². The van der Waals surface area contributed by atoms with E-state index in [1.165, 1.54) is 6.08 Å². The second kappa shape index (κ2) is 6.92. The Labute approximate surface area is 124 Å². The van der Waals surface area contributed by atoms with Gasteiger partial charge in [-0.15, -0.1) is 0 Å². The van der Waals surface area contributed by atoms with E-state index >= 15 is 0 Å². The molecule has 1 amide bonds. The van der Waals surface area contributed by atoms with Crippen LogP contribution in [0.15, 0.2) is 30.3 Å². The van der Waals surface area contributed by atoms with Gasteiger partial charge in [-0.3, -0.25) is 4.79 Å². The van der Waals surface area contributed by atoms with Gasteiger partial charge in [0, 0.05) is 11.6 Å². The van der Waals surface area contributed by atoms with Crippen LogP contribution in [0.3, 0.4) is 0 Å². The molecule has 0 aliphatic rings. The average Bonchev–Trinajstić information content (AvgIpc) is 2.34. The number of hydrogen-bond acceptors (Lipinski definition) is 3. The number of aliphatic carboxylic acids is 1. The number of carboxylic acids is 1. The fraction of sp³-hybridized carbons (Fsp3) is 0.375. The summed E-state index contributed by atoms with van der Waals surface area (Å²) in [7, 11) is 0. The lowest BCUT2D eigenvalue weighted by molar-refractivity contribution is -0.139. The molecule has 114 valence electrons. The first-order valence-electron chi connectivity index (χ1n) is 6.63. The van der Waals surface area contributed by atoms with Crippen molar-refractivity contribution in [1.82, 2.24) is 5.32 Å². The molecule has 0 radical (unpaired) electrons. The number of nitrogens with one attached hydrogen (secondary N) is 1. The molecular weight excluding hydrogens is 270 g/mol. The first kappa shape index (κ1) is 16.8. The van der Waals surface area contributed by atoms with Gasteiger partial charge in [-0.2, -0.15) is 0 Å². The number of amides is 1. The lowest BCUT2D eigenvalue weighted by atomic mass is 10.1. The molecule has 0 aliphatic carbocycles. The van der Waals surface area contributed by atoms with Gasteiger partial charge in [0.15, 0.2) is 6.61 Å². The van der Waals surface area contributed by atoms with E-state index in [1.807, 2.05) is 33.8 Å². The molecule has 0 atom stereocenters. The van der Waals surface area contributed by atoms with Gasteiger partial charge in [-0.1, -0.05) is 12.1 Å². The molecule has 5 nitrogen and oxygen atoms in total. The molecule has 0 aromatic heterocycles. The summed E-state index contributed by atoms with van der Waals surface area (Å²) in [5.41, 5.74) is 1.29. The number of carboxylic acid groups (broad SMARTS) is 1. The van der Waals surface area contributed by atoms with Crippen molar-refractivity contribution >= 4 is 17.4 Å². The molecule has 0 bridgehead atoms. The normalized spacial score (nSPS) is 11.9. The van der Waals surface area contributed by atoms with E-state index in [0.29, 0.717) is 5.75 Å². The Morgan fingerprint density at radius 1 is 1.33 bits per heavy atom. The quantitative estimate of drug-likeness (QED) is 0.817. The maximum absolute atomic E-state index is 11.8. The van der Waals surface area contributed by atoms with Crippen LogP contribution in [-0.2, 0) is 9.59 Å². The van der Waals surface area contributed by atoms with Gasteiger partial charge in [0.2, 0.25) is 5.91 Å². The fourth-order valence-electron chi connectivity index (χ4n) is 1.66. The first-order valence-corrected chi connectivity index (χ1v) is 6.63. The number of hydrogen-bond donors (Lipinski definition) is 2. The van der Waals surface area contributed by atoms with Crippen molar-refractivity contribution in [2.45, 2.75) is 33.2 Å². The summed E-state index contributed by atoms with van der Waals surface area (Å²) >= 11 is 0. The Balaban J connectivity index is 2.82. The summed E-state index contributed by atoms with van der Waals surface area (Å²) in [6.07, 6.45) is 1.52. The maximum atomic E-state index is 11.8. The number of rotatable bonds is 5. The lowest BCUT2D eigenvalue weighted by Gasteiger charge is -2.19. The molecule has 0 saturated heterocycles. The van der Waals surface area contributed by atoms with Crippen LogP contribution < -0.4 is 10.1 Å². The molecule has 0 fully saturated rings. The highest BCUT2D eigenvalue weighted by Crippen LogP contribution is 2.20. The van der Waals surface area contributed by atoms with E-state index in [9.17, 15) is 9.59 Å². The number of allylic oxidation sites excluding steroid dienone is 1. The summed E-state index contributed by atoms with van der Waals surface area (Å²) < 4.78 is 5.12. The van der Waals surface area contributed by atoms with Gasteiger partial charge in [-0.25, -0.2) is 4.79 Å². The highest BCUT2D eigenvalue weighted by Gasteiger charge is 2.12. The van der Waals surface area contributed by atoms with Crippen LogP contribution in [0.4, 0.5) is 0 Å². The van der Waals surface area contributed by atoms with Crippen molar-refractivity contribution in [3.8, 4) is 5.75 Å². The molecule has 2 N–H and O–H groups in total. The largest absolute Gasteiger partial charge is 0.482 e. The van der Waals surface area contributed by atoms with Crippen molar-refractivity contribution < 1.29 is 19.4 Å². The molecule has 0 aliphatic heterocycles. The molecule has 0 heterocycles. The minimum atomic E-state index is -1.03. The summed E-state index contributed by atoms with van der Waals surface area (Å²) in [6.45, 7) is 7.16. The van der Waals surface area contributed by atoms with Gasteiger partial charge in [0.05, 0.1) is 0 Å². The summed E-state index contributed by atoms with van der Waals surface area (Å²) in [5.74, 6) is -0.743. The second-order valence-corrected chi connectivity index (χ2v) is 5.78. The molecular formula is C16H21NO4. The van der Waals surface area contributed by atoms with Crippen LogP contribution in [0.25, 0.3) is 5.57 Å². The van der Waals surface area contributed by atoms with Crippen molar-refractivity contribution in [1.29, 1.82) is 0 Å². The predicted molar refractivity (Wildman–Crippen MR) is 81.1 cm³/mol. The molecule has 1 rings (SSSR count). The Hall–Kier alpha value is -2.30. The number of carbonyl (C=O) groups excluding carboxylic acids is 1. The molecule has 0 unspecified atom stereocenters. The van der Waals surface area contributed by atoms with E-state index in [1.54, 1.807) is 18.2 Å². The Bertz CT molecular complexity index is 556. The monoisotopic (exact) mass is 291 g/mol. The van der Waals surface area contributed by atoms with Crippen molar-refractivity contribution in [3.05, 3.63) is 35.9 Å². The van der Waals surface area contributed by atoms with E-state index in [0.717, 1.165) is 11.1 Å². The van der Waals surface area contributed by atoms with Gasteiger partial charge in [0.25, 0.3) is 0 Å². The highest BCUT2D eigenvalue weighted by molar-refractivity contribution is 5.95. The summed E-state index contributed by atoms with van der Waals surface area (Å²) in [4.78, 5) is 22.3. The van der Waals surface area contributed by atoms with Crippen molar-refractivity contribution in [3.63, 3.8) is 0 Å². The molecule has 0 spiro atoms. The zero-order valence-electron chi connectivity index (χ0n) is 12.8. The van der Waals surface area contributed by atoms with Gasteiger partial charge < -0.3 is 15.2 Å². The third kappa shape index (κ3) is 6.61. The standard InChI is InChI=1S/C16H21NO4/c1-11(8-14(18)17-16(2,3)4)12-6-5-7-13(9-12)21-10-15(19)20/h5-9H,10H2,1-4H3,(H,17,18)(H,19,20)/b11-8+. The van der Waals surface area contributed by atoms with Crippen LogP contribution >= 0.6 is 0 Å². The first-order chi connectivity index (χ1) is 9.67. The summed E-state index contributed by atoms with van der Waals surface area (Å²) in [6, 6.07) is 6.98. The van der Waals surface area contributed by atoms with E-state index in [2.05, 4.69) is 5.32 Å². The van der Waals surface area contributed by atoms with Gasteiger partial charge in [-0.05, 0) is 51.0 Å². The second-order valence-electron chi connectivity index (χ2n) is 5.78. The average molecular weight is 291 g/mol. The molecule has 5 heteroatoms. The van der Waals surface area contributed by atoms with E-state index < -0.39 is 12.6 Å². The number of ether oxygens (including phenoxy) is 1. The molecule has 1 aromatic rings. The minimum absolute atomic E-state index is 0.170. The predicted octanol–water partition coefficient (Wildman–Crippen LogP) is 2.47. The van der Waals surface area contributed by atoms with Crippen LogP contribution in [0.2, 0.25) is 0 Å². The van der Waals surface area contributed by atoms with Gasteiger partial charge in [0.1, 0.15) is 5.75 Å². The molecule has 21 heavy (non-hydrogen) atoms. The van der Waals surface area contributed by atoms with Crippen LogP contribution in [-0.4, -0.2) is 29.1 Å². The zero-order valence-corrected chi connectivity index (χ0v) is 12.8. The van der Waals surface area contributed by atoms with Crippen molar-refractivity contribution in [2.75, 3.05) is 6.61 Å². The number of carbonyl (C=O) groups is 2. The van der Waals surface area contributed by atoms with Crippen LogP contribution in [0.1, 0.15) is 33.3 Å². The molecule has 0 saturated carbocycles. The smallest absolute Gasteiger partial charge is 0.341 e. The number of benzene rings is 1. The SMILES string of the molecule is C/C(=C\C(=O)NC(C)(C)C)c1cccc(OCC(=O)O)c1. The van der Waals surface area contributed by atoms with Crippen LogP contribution in [0.5, 0.6) is 5.75 Å². The maximum Gasteiger partial charge on any atom is 0.341 e. The van der Waals surface area contributed by atoms with E-state index in [4.69, 9.17) is 9.84 Å². The minimum Gasteiger partial charge on any atom is -0.482 e. The van der Waals surface area contributed by atoms with Crippen molar-refractivity contribution in [2.24, 2.45) is 0 Å². The third-order valence-electron chi connectivity index (χ3n) is 2.50. The molecule has 1 aromatic carbocycles. The third-order valence-corrected chi connectivity index (χ3v) is 2.50. The Morgan fingerprint density at radius 3 is 2.57 bits per heavy atom. The topological polar surface area (TPSA) is 75.6 Å². The summed E-state index contributed by atoms with van der Waals surface area (Å²) in [5, 5.41) is 11.4. The Kier molecular flexibility index (Phi) is 5.52.